The van der Waals surface area contributed by atoms with Crippen LogP contribution in [0, 0.1) is 12.7 Å². The van der Waals surface area contributed by atoms with Gasteiger partial charge in [-0.05, 0) is 30.7 Å². The van der Waals surface area contributed by atoms with Crippen LogP contribution in [0.15, 0.2) is 60.7 Å². The number of nitrogens with one attached hydrogen (secondary N) is 1. The summed E-state index contributed by atoms with van der Waals surface area (Å²) < 4.78 is 15.0. The Morgan fingerprint density at radius 3 is 2.61 bits per heavy atom. The molecule has 0 bridgehead atoms. The van der Waals surface area contributed by atoms with Crippen molar-refractivity contribution in [2.75, 3.05) is 5.32 Å². The van der Waals surface area contributed by atoms with Crippen molar-refractivity contribution in [3.05, 3.63) is 82.6 Å². The highest BCUT2D eigenvalue weighted by Gasteiger charge is 2.18. The zero-order valence-corrected chi connectivity index (χ0v) is 18.0. The van der Waals surface area contributed by atoms with Gasteiger partial charge in [0, 0.05) is 10.9 Å². The van der Waals surface area contributed by atoms with Gasteiger partial charge in [-0.2, -0.15) is 5.10 Å². The molecule has 0 saturated carbocycles. The molecule has 3 aromatic heterocycles. The smallest absolute Gasteiger partial charge is 0.267 e. The third-order valence-electron chi connectivity index (χ3n) is 4.74. The number of fused-ring (bicyclic) bond motifs is 1. The zero-order valence-electron chi connectivity index (χ0n) is 16.4. The first-order chi connectivity index (χ1) is 15.1. The molecule has 0 aliphatic carbocycles. The van der Waals surface area contributed by atoms with E-state index in [-0.39, 0.29) is 11.7 Å². The van der Waals surface area contributed by atoms with Crippen LogP contribution in [0.4, 0.5) is 9.52 Å². The maximum Gasteiger partial charge on any atom is 0.267 e. The molecular formula is C22H16FN5OS2. The Morgan fingerprint density at radius 2 is 1.84 bits per heavy atom. The van der Waals surface area contributed by atoms with E-state index in [1.165, 1.54) is 34.8 Å². The third kappa shape index (κ3) is 3.97. The first-order valence-corrected chi connectivity index (χ1v) is 11.1. The summed E-state index contributed by atoms with van der Waals surface area (Å²) in [6.45, 7) is 2.41. The summed E-state index contributed by atoms with van der Waals surface area (Å²) in [5.74, 6) is -0.502. The van der Waals surface area contributed by atoms with E-state index >= 15 is 0 Å². The predicted molar refractivity (Wildman–Crippen MR) is 121 cm³/mol. The Labute approximate surface area is 185 Å². The number of aryl methyl sites for hydroxylation is 1. The Morgan fingerprint density at radius 1 is 1.06 bits per heavy atom. The second-order valence-corrected chi connectivity index (χ2v) is 8.94. The first kappa shape index (κ1) is 19.5. The maximum absolute atomic E-state index is 13.2. The van der Waals surface area contributed by atoms with Gasteiger partial charge in [0.1, 0.15) is 15.7 Å². The van der Waals surface area contributed by atoms with E-state index in [2.05, 4.69) is 20.6 Å². The van der Waals surface area contributed by atoms with Gasteiger partial charge in [-0.3, -0.25) is 14.8 Å². The van der Waals surface area contributed by atoms with E-state index in [0.717, 1.165) is 32.0 Å². The number of thiophene rings is 1. The number of amides is 1. The second kappa shape index (κ2) is 8.01. The molecule has 0 aliphatic rings. The van der Waals surface area contributed by atoms with Crippen molar-refractivity contribution in [2.24, 2.45) is 0 Å². The summed E-state index contributed by atoms with van der Waals surface area (Å²) in [6.07, 6.45) is 0. The molecule has 0 unspecified atom stereocenters. The van der Waals surface area contributed by atoms with Gasteiger partial charge in [-0.1, -0.05) is 53.8 Å². The molecule has 0 atom stereocenters. The lowest BCUT2D eigenvalue weighted by Crippen LogP contribution is -2.09. The van der Waals surface area contributed by atoms with Crippen LogP contribution in [-0.2, 0) is 6.54 Å². The number of nitrogens with zero attached hydrogens (tertiary/aromatic N) is 4. The minimum Gasteiger partial charge on any atom is -0.296 e. The Balaban J connectivity index is 1.37. The number of benzene rings is 2. The van der Waals surface area contributed by atoms with E-state index in [4.69, 9.17) is 0 Å². The fraction of sp³-hybridized carbons (Fsp3) is 0.0909. The van der Waals surface area contributed by atoms with Crippen LogP contribution in [0.25, 0.3) is 20.8 Å². The van der Waals surface area contributed by atoms with Crippen LogP contribution in [0.3, 0.4) is 0 Å². The Kier molecular flexibility index (Phi) is 5.05. The van der Waals surface area contributed by atoms with Crippen molar-refractivity contribution in [1.82, 2.24) is 20.0 Å². The van der Waals surface area contributed by atoms with Gasteiger partial charge in [-0.25, -0.2) is 4.39 Å². The summed E-state index contributed by atoms with van der Waals surface area (Å²) >= 11 is 2.70. The predicted octanol–water partition coefficient (Wildman–Crippen LogP) is 5.36. The van der Waals surface area contributed by atoms with Gasteiger partial charge in [0.05, 0.1) is 17.1 Å². The number of carbonyl (C=O) groups excluding carboxylic acids is 1. The second-order valence-electron chi connectivity index (χ2n) is 6.93. The topological polar surface area (TPSA) is 72.7 Å². The first-order valence-electron chi connectivity index (χ1n) is 9.48. The molecule has 5 rings (SSSR count). The third-order valence-corrected chi connectivity index (χ3v) is 6.78. The van der Waals surface area contributed by atoms with Gasteiger partial charge in [-0.15, -0.1) is 21.5 Å². The van der Waals surface area contributed by atoms with Gasteiger partial charge < -0.3 is 0 Å². The number of rotatable bonds is 5. The number of aromatic nitrogens is 4. The van der Waals surface area contributed by atoms with Crippen LogP contribution in [0.1, 0.15) is 20.9 Å². The minimum absolute atomic E-state index is 0.232. The Hall–Kier alpha value is -3.43. The average molecular weight is 450 g/mol. The fourth-order valence-electron chi connectivity index (χ4n) is 3.22. The SMILES string of the molecule is Cc1nn(Cc2ccc(F)cc2)c2sc(C(=O)Nc3nnc(-c4ccccc4)s3)cc12. The number of hydrogen-bond donors (Lipinski definition) is 1. The van der Waals surface area contributed by atoms with Crippen molar-refractivity contribution in [3.8, 4) is 10.6 Å². The van der Waals surface area contributed by atoms with Crippen LogP contribution >= 0.6 is 22.7 Å². The highest BCUT2D eigenvalue weighted by atomic mass is 32.1. The lowest BCUT2D eigenvalue weighted by Gasteiger charge is -2.03. The molecule has 9 heteroatoms. The number of halogens is 1. The largest absolute Gasteiger partial charge is 0.296 e. The lowest BCUT2D eigenvalue weighted by atomic mass is 10.2. The molecule has 1 N–H and O–H groups in total. The van der Waals surface area contributed by atoms with Gasteiger partial charge in [0.2, 0.25) is 5.13 Å². The van der Waals surface area contributed by atoms with Crippen LogP contribution in [-0.4, -0.2) is 25.9 Å². The number of carbonyl (C=O) groups is 1. The maximum atomic E-state index is 13.2. The zero-order chi connectivity index (χ0) is 21.4. The normalized spacial score (nSPS) is 11.2. The monoisotopic (exact) mass is 449 g/mol. The minimum atomic E-state index is -0.271. The molecule has 0 radical (unpaired) electrons. The van der Waals surface area contributed by atoms with E-state index in [0.29, 0.717) is 16.6 Å². The quantitative estimate of drug-likeness (QED) is 0.392. The molecule has 0 fully saturated rings. The summed E-state index contributed by atoms with van der Waals surface area (Å²) in [7, 11) is 0. The van der Waals surface area contributed by atoms with Gasteiger partial charge in [0.15, 0.2) is 0 Å². The number of hydrogen-bond acceptors (Lipinski definition) is 6. The summed E-state index contributed by atoms with van der Waals surface area (Å²) in [5, 5.41) is 17.8. The molecule has 0 aliphatic heterocycles. The summed E-state index contributed by atoms with van der Waals surface area (Å²) in [5.41, 5.74) is 2.74. The van der Waals surface area contributed by atoms with Gasteiger partial charge >= 0.3 is 0 Å². The standard InChI is InChI=1S/C22H16FN5OS2/c1-13-17-11-18(30-21(17)28(27-13)12-14-7-9-16(23)10-8-14)19(29)24-22-26-25-20(31-22)15-5-3-2-4-6-15/h2-11H,12H2,1H3,(H,24,26,29). The van der Waals surface area contributed by atoms with Crippen molar-refractivity contribution < 1.29 is 9.18 Å². The lowest BCUT2D eigenvalue weighted by molar-refractivity contribution is 0.103. The van der Waals surface area contributed by atoms with Crippen LogP contribution < -0.4 is 5.32 Å². The van der Waals surface area contributed by atoms with Crippen molar-refractivity contribution in [3.63, 3.8) is 0 Å². The Bertz CT molecular complexity index is 1370. The molecule has 154 valence electrons. The molecule has 6 nitrogen and oxygen atoms in total. The van der Waals surface area contributed by atoms with Crippen LogP contribution in [0.2, 0.25) is 0 Å². The van der Waals surface area contributed by atoms with E-state index < -0.39 is 0 Å². The summed E-state index contributed by atoms with van der Waals surface area (Å²) in [4.78, 5) is 14.3. The average Bonchev–Trinajstić information content (AvgIpc) is 3.48. The number of anilines is 1. The molecule has 31 heavy (non-hydrogen) atoms. The molecule has 5 aromatic rings. The molecule has 3 heterocycles. The highest BCUT2D eigenvalue weighted by Crippen LogP contribution is 2.31. The fourth-order valence-corrected chi connectivity index (χ4v) is 5.02. The molecule has 2 aromatic carbocycles. The van der Waals surface area contributed by atoms with E-state index in [9.17, 15) is 9.18 Å². The van der Waals surface area contributed by atoms with Gasteiger partial charge in [0.25, 0.3) is 5.91 Å². The van der Waals surface area contributed by atoms with E-state index in [1.807, 2.05) is 48.0 Å². The van der Waals surface area contributed by atoms with Crippen LogP contribution in [0.5, 0.6) is 0 Å². The highest BCUT2D eigenvalue weighted by molar-refractivity contribution is 7.21. The molecular weight excluding hydrogens is 433 g/mol. The van der Waals surface area contributed by atoms with E-state index in [1.54, 1.807) is 12.1 Å². The molecule has 0 saturated heterocycles. The molecule has 1 amide bonds. The van der Waals surface area contributed by atoms with Crippen molar-refractivity contribution >= 4 is 43.9 Å². The van der Waals surface area contributed by atoms with Crippen molar-refractivity contribution in [1.29, 1.82) is 0 Å². The van der Waals surface area contributed by atoms with Crippen molar-refractivity contribution in [2.45, 2.75) is 13.5 Å². The summed E-state index contributed by atoms with van der Waals surface area (Å²) in [6, 6.07) is 17.9. The molecule has 0 spiro atoms.